The first kappa shape index (κ1) is 45.5. The van der Waals surface area contributed by atoms with Crippen LogP contribution >= 0.6 is 0 Å². The Balaban J connectivity index is 1.48. The van der Waals surface area contributed by atoms with Crippen LogP contribution in [0, 0.1) is 5.92 Å². The van der Waals surface area contributed by atoms with Gasteiger partial charge in [0.25, 0.3) is 0 Å². The van der Waals surface area contributed by atoms with Gasteiger partial charge in [0.1, 0.15) is 42.3 Å². The topological polar surface area (TPSA) is 224 Å². The number of hydrogen-bond donors (Lipinski definition) is 7. The van der Waals surface area contributed by atoms with E-state index in [2.05, 4.69) is 37.2 Å². The smallest absolute Gasteiger partial charge is 0.246 e. The number of carbonyl (C=O) groups excluding carboxylic acids is 8. The van der Waals surface area contributed by atoms with E-state index in [0.717, 1.165) is 5.56 Å². The summed E-state index contributed by atoms with van der Waals surface area (Å²) in [4.78, 5) is 112. The van der Waals surface area contributed by atoms with Crippen molar-refractivity contribution in [3.8, 4) is 0 Å². The van der Waals surface area contributed by atoms with Gasteiger partial charge in [0.2, 0.25) is 47.3 Å². The molecule has 16 nitrogen and oxygen atoms in total. The second-order valence-corrected chi connectivity index (χ2v) is 15.9. The molecule has 324 valence electrons. The molecule has 2 fully saturated rings. The summed E-state index contributed by atoms with van der Waals surface area (Å²) in [6, 6.07) is 19.0. The predicted molar refractivity (Wildman–Crippen MR) is 226 cm³/mol. The number of carbonyl (C=O) groups is 8. The molecule has 7 N–H and O–H groups in total. The second-order valence-electron chi connectivity index (χ2n) is 15.9. The Labute approximate surface area is 355 Å². The first-order chi connectivity index (χ1) is 29.2. The summed E-state index contributed by atoms with van der Waals surface area (Å²) in [5.41, 5.74) is 2.17. The van der Waals surface area contributed by atoms with Crippen molar-refractivity contribution in [1.29, 1.82) is 0 Å². The highest BCUT2D eigenvalue weighted by atomic mass is 16.2. The number of amides is 8. The number of fused-ring (bicyclic) bond motifs is 1. The van der Waals surface area contributed by atoms with Gasteiger partial charge in [-0.15, -0.1) is 0 Å². The van der Waals surface area contributed by atoms with Crippen LogP contribution in [0.2, 0.25) is 0 Å². The van der Waals surface area contributed by atoms with E-state index in [-0.39, 0.29) is 25.8 Å². The average molecular weight is 837 g/mol. The van der Waals surface area contributed by atoms with Gasteiger partial charge in [-0.05, 0) is 49.3 Å². The second kappa shape index (κ2) is 21.6. The van der Waals surface area contributed by atoms with Crippen LogP contribution in [-0.2, 0) is 57.6 Å². The lowest BCUT2D eigenvalue weighted by molar-refractivity contribution is -0.142. The fourth-order valence-electron chi connectivity index (χ4n) is 7.34. The van der Waals surface area contributed by atoms with Crippen LogP contribution < -0.4 is 37.2 Å². The monoisotopic (exact) mass is 836 g/mol. The number of benzene rings is 3. The van der Waals surface area contributed by atoms with Crippen LogP contribution in [0.4, 0.5) is 0 Å². The van der Waals surface area contributed by atoms with E-state index in [1.54, 1.807) is 92.7 Å². The predicted octanol–water partition coefficient (Wildman–Crippen LogP) is 0.440. The highest BCUT2D eigenvalue weighted by Crippen LogP contribution is 2.21. The molecule has 2 aliphatic rings. The molecular formula is C45H56N8O8. The zero-order valence-corrected chi connectivity index (χ0v) is 34.9. The molecule has 0 aromatic heterocycles. The van der Waals surface area contributed by atoms with E-state index in [1.807, 2.05) is 12.1 Å². The van der Waals surface area contributed by atoms with E-state index in [0.29, 0.717) is 24.0 Å². The molecular weight excluding hydrogens is 781 g/mol. The first-order valence-electron chi connectivity index (χ1n) is 20.7. The van der Waals surface area contributed by atoms with Crippen LogP contribution in [0.5, 0.6) is 0 Å². The normalized spacial score (nSPS) is 25.5. The summed E-state index contributed by atoms with van der Waals surface area (Å²) in [6.45, 7) is 6.01. The Morgan fingerprint density at radius 3 is 1.51 bits per heavy atom. The summed E-state index contributed by atoms with van der Waals surface area (Å²) in [5.74, 6) is -5.64. The highest BCUT2D eigenvalue weighted by molar-refractivity contribution is 5.98. The van der Waals surface area contributed by atoms with Crippen LogP contribution in [0.15, 0.2) is 91.0 Å². The minimum absolute atomic E-state index is 0.0348. The molecule has 2 heterocycles. The molecule has 0 saturated carbocycles. The van der Waals surface area contributed by atoms with E-state index in [1.165, 1.54) is 18.7 Å². The molecule has 3 aromatic rings. The molecule has 0 radical (unpaired) electrons. The number of hydrogen-bond acceptors (Lipinski definition) is 8. The molecule has 0 bridgehead atoms. The highest BCUT2D eigenvalue weighted by Gasteiger charge is 2.40. The molecule has 2 saturated heterocycles. The maximum atomic E-state index is 14.3. The zero-order chi connectivity index (χ0) is 44.1. The van der Waals surface area contributed by atoms with Crippen molar-refractivity contribution in [1.82, 2.24) is 42.1 Å². The molecule has 0 spiro atoms. The molecule has 61 heavy (non-hydrogen) atoms. The summed E-state index contributed by atoms with van der Waals surface area (Å²) < 4.78 is 0. The molecule has 5 rings (SSSR count). The quantitative estimate of drug-likeness (QED) is 0.177. The van der Waals surface area contributed by atoms with E-state index in [4.69, 9.17) is 0 Å². The lowest BCUT2D eigenvalue weighted by Gasteiger charge is -2.31. The van der Waals surface area contributed by atoms with Crippen molar-refractivity contribution in [2.24, 2.45) is 5.92 Å². The van der Waals surface area contributed by atoms with Crippen LogP contribution in [0.25, 0.3) is 0 Å². The Morgan fingerprint density at radius 1 is 0.525 bits per heavy atom. The molecule has 0 aliphatic carbocycles. The van der Waals surface area contributed by atoms with Crippen molar-refractivity contribution in [3.05, 3.63) is 108 Å². The van der Waals surface area contributed by atoms with Crippen molar-refractivity contribution < 1.29 is 38.4 Å². The minimum Gasteiger partial charge on any atom is -0.345 e. The summed E-state index contributed by atoms with van der Waals surface area (Å²) in [5, 5.41) is 18.8. The van der Waals surface area contributed by atoms with Crippen molar-refractivity contribution >= 4 is 47.3 Å². The lowest BCUT2D eigenvalue weighted by Crippen LogP contribution is -2.61. The number of nitrogens with zero attached hydrogens (tertiary/aromatic N) is 1. The van der Waals surface area contributed by atoms with Gasteiger partial charge in [-0.3, -0.25) is 38.4 Å². The van der Waals surface area contributed by atoms with Gasteiger partial charge in [-0.25, -0.2) is 0 Å². The van der Waals surface area contributed by atoms with Crippen molar-refractivity contribution in [2.45, 2.75) is 102 Å². The molecule has 2 aliphatic heterocycles. The third kappa shape index (κ3) is 13.0. The van der Waals surface area contributed by atoms with Gasteiger partial charge in [0.15, 0.2) is 0 Å². The van der Waals surface area contributed by atoms with Crippen LogP contribution in [-0.4, -0.2) is 108 Å². The minimum atomic E-state index is -1.21. The lowest BCUT2D eigenvalue weighted by atomic mass is 9.99. The Bertz CT molecular complexity index is 2030. The zero-order valence-electron chi connectivity index (χ0n) is 34.9. The van der Waals surface area contributed by atoms with Gasteiger partial charge in [-0.2, -0.15) is 0 Å². The van der Waals surface area contributed by atoms with E-state index in [9.17, 15) is 38.4 Å². The third-order valence-corrected chi connectivity index (χ3v) is 10.8. The average Bonchev–Trinajstić information content (AvgIpc) is 3.74. The summed E-state index contributed by atoms with van der Waals surface area (Å²) >= 11 is 0. The Kier molecular flexibility index (Phi) is 16.1. The first-order valence-corrected chi connectivity index (χ1v) is 20.7. The molecule has 3 aromatic carbocycles. The summed E-state index contributed by atoms with van der Waals surface area (Å²) in [6.07, 6.45) is 0.957. The number of nitrogens with one attached hydrogen (secondary N) is 7. The number of rotatable bonds is 7. The van der Waals surface area contributed by atoms with Crippen molar-refractivity contribution in [3.63, 3.8) is 0 Å². The molecule has 0 unspecified atom stereocenters. The molecule has 8 amide bonds. The Morgan fingerprint density at radius 2 is 0.984 bits per heavy atom. The Hall–Kier alpha value is -6.58. The van der Waals surface area contributed by atoms with Gasteiger partial charge in [0.05, 0.1) is 6.54 Å². The van der Waals surface area contributed by atoms with Gasteiger partial charge < -0.3 is 42.1 Å². The van der Waals surface area contributed by atoms with Gasteiger partial charge in [-0.1, -0.05) is 105 Å². The van der Waals surface area contributed by atoms with E-state index < -0.39 is 102 Å². The SMILES string of the molecule is CC(C)[C@@H]1NC(=O)[C@@H]2CCCN2C(=O)[C@H](Cc2ccccc2)NC(=O)CNC(=O)[C@H](C)NC(=O)[C@@H](C)NC(=O)[C@H](Cc2ccccc2)NC(=O)[C@H](Cc2ccccc2)NC1=O. The van der Waals surface area contributed by atoms with Gasteiger partial charge >= 0.3 is 0 Å². The van der Waals surface area contributed by atoms with Crippen molar-refractivity contribution in [2.75, 3.05) is 13.1 Å². The fraction of sp³-hybridized carbons (Fsp3) is 0.422. The molecule has 7 atom stereocenters. The standard InChI is InChI=1S/C45H56N8O8/c1-27(2)38-44(60)51-34(24-31-17-10-6-11-18-31)42(58)50-33(23-30-15-8-5-9-16-30)41(57)48-29(4)40(56)47-28(3)39(55)46-26-37(54)49-35(25-32-19-12-7-13-20-32)45(61)53-22-14-21-36(53)43(59)52-38/h5-13,15-20,27-29,33-36,38H,14,21-26H2,1-4H3,(H,46,55)(H,47,56)(H,48,57)(H,49,54)(H,50,58)(H,51,60)(H,52,59)/t28-,29+,33-,34-,35-,36-,38-/m0/s1. The summed E-state index contributed by atoms with van der Waals surface area (Å²) in [7, 11) is 0. The van der Waals surface area contributed by atoms with Crippen LogP contribution in [0.1, 0.15) is 57.2 Å². The van der Waals surface area contributed by atoms with E-state index >= 15 is 0 Å². The van der Waals surface area contributed by atoms with Gasteiger partial charge in [0, 0.05) is 25.8 Å². The third-order valence-electron chi connectivity index (χ3n) is 10.8. The largest absolute Gasteiger partial charge is 0.345 e. The fourth-order valence-corrected chi connectivity index (χ4v) is 7.34. The molecule has 16 heteroatoms. The maximum Gasteiger partial charge on any atom is 0.246 e. The maximum absolute atomic E-state index is 14.3. The van der Waals surface area contributed by atoms with Crippen LogP contribution in [0.3, 0.4) is 0 Å².